The van der Waals surface area contributed by atoms with E-state index in [1.807, 2.05) is 0 Å². The molecule has 0 bridgehead atoms. The van der Waals surface area contributed by atoms with Crippen molar-refractivity contribution in [3.63, 3.8) is 0 Å². The molecule has 2 N–H and O–H groups in total. The Balaban J connectivity index is 0. The van der Waals surface area contributed by atoms with Gasteiger partial charge < -0.3 is 10.2 Å². The van der Waals surface area contributed by atoms with Crippen LogP contribution in [0.15, 0.2) is 0 Å². The van der Waals surface area contributed by atoms with Gasteiger partial charge >= 0.3 is 6.16 Å². The van der Waals surface area contributed by atoms with Gasteiger partial charge in [-0.25, -0.2) is 4.79 Å². The Labute approximate surface area is 99.4 Å². The smallest absolute Gasteiger partial charge is 0.450 e. The van der Waals surface area contributed by atoms with Gasteiger partial charge in [-0.3, -0.25) is 0 Å². The lowest BCUT2D eigenvalue weighted by Gasteiger charge is -1.96. The third kappa shape index (κ3) is 35.9. The minimum absolute atomic E-state index is 0.0206. The highest BCUT2D eigenvalue weighted by molar-refractivity contribution is 14.3. The van der Waals surface area contributed by atoms with Crippen molar-refractivity contribution in [1.82, 2.24) is 0 Å². The average molecular weight is 480 g/mol. The molecule has 6 heteroatoms. The second-order valence-electron chi connectivity index (χ2n) is 0.925. The molecule has 0 atom stereocenters. The molecule has 0 spiro atoms. The minimum atomic E-state index is -1.83. The molecule has 3 nitrogen and oxygen atoms in total. The van der Waals surface area contributed by atoms with Crippen LogP contribution in [0.3, 0.4) is 0 Å². The maximum absolute atomic E-state index is 8.56. The van der Waals surface area contributed by atoms with Gasteiger partial charge in [0.1, 0.15) is 0 Å². The van der Waals surface area contributed by atoms with Crippen LogP contribution < -0.4 is 0 Å². The summed E-state index contributed by atoms with van der Waals surface area (Å²) in [6.07, 6.45) is 3.20. The SMILES string of the molecule is C#CC(I)(I)I.O=C(O)O. The summed E-state index contributed by atoms with van der Waals surface area (Å²) in [7, 11) is 0. The molecular formula is C4H3I3O3. The summed E-state index contributed by atoms with van der Waals surface area (Å²) in [6, 6.07) is 0. The first-order valence-electron chi connectivity index (χ1n) is 1.76. The summed E-state index contributed by atoms with van der Waals surface area (Å²) in [4.78, 5) is 8.56. The van der Waals surface area contributed by atoms with E-state index in [0.717, 1.165) is 0 Å². The third-order valence-electron chi connectivity index (χ3n) is 0.164. The lowest BCUT2D eigenvalue weighted by Crippen LogP contribution is -1.88. The predicted octanol–water partition coefficient (Wildman–Crippen LogP) is 2.80. The standard InChI is InChI=1S/C3HI3.CH2O3/c1-2-3(4,5)6;2-1(3)4/h1H;(H2,2,3,4). The zero-order chi connectivity index (χ0) is 8.78. The number of terminal acetylenes is 1. The molecular weight excluding hydrogens is 477 g/mol. The molecule has 0 aromatic heterocycles. The van der Waals surface area contributed by atoms with Gasteiger partial charge in [0.15, 0.2) is -0.565 Å². The Morgan fingerprint density at radius 3 is 1.50 bits per heavy atom. The minimum Gasteiger partial charge on any atom is -0.450 e. The van der Waals surface area contributed by atoms with E-state index in [2.05, 4.69) is 73.7 Å². The quantitative estimate of drug-likeness (QED) is 0.319. The van der Waals surface area contributed by atoms with Gasteiger partial charge in [-0.05, 0) is 67.8 Å². The normalized spacial score (nSPS) is 8.60. The summed E-state index contributed by atoms with van der Waals surface area (Å²) in [5.74, 6) is 2.56. The largest absolute Gasteiger partial charge is 0.503 e. The molecule has 0 radical (unpaired) electrons. The summed E-state index contributed by atoms with van der Waals surface area (Å²) in [5, 5.41) is 13.9. The number of rotatable bonds is 0. The van der Waals surface area contributed by atoms with Crippen LogP contribution in [0.1, 0.15) is 0 Å². The van der Waals surface area contributed by atoms with Crippen LogP contribution in [0.2, 0.25) is 0 Å². The van der Waals surface area contributed by atoms with Gasteiger partial charge in [-0.1, -0.05) is 5.92 Å². The van der Waals surface area contributed by atoms with Crippen LogP contribution in [0.5, 0.6) is 0 Å². The summed E-state index contributed by atoms with van der Waals surface area (Å²) < 4.78 is -0.0206. The van der Waals surface area contributed by atoms with E-state index in [1.54, 1.807) is 0 Å². The molecule has 0 amide bonds. The average Bonchev–Trinajstić information content (AvgIpc) is 1.63. The highest BCUT2D eigenvalue weighted by Crippen LogP contribution is 2.33. The highest BCUT2D eigenvalue weighted by atomic mass is 127. The topological polar surface area (TPSA) is 57.5 Å². The number of hydrogen-bond donors (Lipinski definition) is 2. The summed E-state index contributed by atoms with van der Waals surface area (Å²) in [5.41, 5.74) is 0. The Morgan fingerprint density at radius 1 is 1.40 bits per heavy atom. The fourth-order valence-corrected chi connectivity index (χ4v) is 0. The van der Waals surface area contributed by atoms with Crippen LogP contribution >= 0.6 is 67.8 Å². The number of hydrogen-bond acceptors (Lipinski definition) is 1. The van der Waals surface area contributed by atoms with Gasteiger partial charge in [0.25, 0.3) is 0 Å². The number of carboxylic acid groups (broad SMARTS) is 2. The molecule has 0 aromatic carbocycles. The Bertz CT molecular complexity index is 139. The molecule has 0 aromatic rings. The van der Waals surface area contributed by atoms with Crippen LogP contribution in [0.25, 0.3) is 0 Å². The van der Waals surface area contributed by atoms with E-state index in [1.165, 1.54) is 0 Å². The highest BCUT2D eigenvalue weighted by Gasteiger charge is 2.09. The van der Waals surface area contributed by atoms with Crippen molar-refractivity contribution >= 4 is 73.9 Å². The summed E-state index contributed by atoms with van der Waals surface area (Å²) in [6.45, 7) is 0. The molecule has 58 valence electrons. The zero-order valence-electron chi connectivity index (χ0n) is 4.51. The van der Waals surface area contributed by atoms with Crippen molar-refractivity contribution in [2.24, 2.45) is 0 Å². The maximum Gasteiger partial charge on any atom is 0.503 e. The van der Waals surface area contributed by atoms with E-state index in [-0.39, 0.29) is -0.565 Å². The van der Waals surface area contributed by atoms with Gasteiger partial charge in [-0.15, -0.1) is 6.42 Å². The summed E-state index contributed by atoms with van der Waals surface area (Å²) >= 11 is 6.53. The molecule has 0 heterocycles. The van der Waals surface area contributed by atoms with Crippen molar-refractivity contribution in [3.05, 3.63) is 0 Å². The zero-order valence-corrected chi connectivity index (χ0v) is 11.0. The Kier molecular flexibility index (Phi) is 9.13. The van der Waals surface area contributed by atoms with Crippen molar-refractivity contribution < 1.29 is 15.0 Å². The molecule has 0 saturated heterocycles. The lowest BCUT2D eigenvalue weighted by atomic mass is 10.8. The molecule has 0 aliphatic heterocycles. The molecule has 10 heavy (non-hydrogen) atoms. The Morgan fingerprint density at radius 2 is 1.50 bits per heavy atom. The van der Waals surface area contributed by atoms with Crippen molar-refractivity contribution in [2.45, 2.75) is -0.565 Å². The first-order valence-corrected chi connectivity index (χ1v) is 4.99. The molecule has 0 fully saturated rings. The van der Waals surface area contributed by atoms with Crippen LogP contribution in [0, 0.1) is 12.3 Å². The molecule has 0 rings (SSSR count). The molecule has 0 aliphatic rings. The van der Waals surface area contributed by atoms with Crippen molar-refractivity contribution in [1.29, 1.82) is 0 Å². The molecule has 0 unspecified atom stereocenters. The van der Waals surface area contributed by atoms with E-state index in [9.17, 15) is 0 Å². The van der Waals surface area contributed by atoms with Gasteiger partial charge in [0.05, 0.1) is 0 Å². The van der Waals surface area contributed by atoms with Crippen molar-refractivity contribution in [3.8, 4) is 12.3 Å². The number of halogens is 3. The first kappa shape index (κ1) is 13.6. The van der Waals surface area contributed by atoms with Crippen LogP contribution in [-0.4, -0.2) is 15.8 Å². The second kappa shape index (κ2) is 6.71. The predicted molar refractivity (Wildman–Crippen MR) is 64.3 cm³/mol. The third-order valence-corrected chi connectivity index (χ3v) is 1.10. The van der Waals surface area contributed by atoms with Gasteiger partial charge in [0.2, 0.25) is 0 Å². The number of carbonyl (C=O) groups is 1. The van der Waals surface area contributed by atoms with Crippen LogP contribution in [-0.2, 0) is 0 Å². The van der Waals surface area contributed by atoms with E-state index in [4.69, 9.17) is 21.4 Å². The van der Waals surface area contributed by atoms with Crippen LogP contribution in [0.4, 0.5) is 4.79 Å². The van der Waals surface area contributed by atoms with E-state index >= 15 is 0 Å². The van der Waals surface area contributed by atoms with E-state index < -0.39 is 6.16 Å². The first-order chi connectivity index (χ1) is 4.29. The molecule has 0 saturated carbocycles. The molecule has 0 aliphatic carbocycles. The maximum atomic E-state index is 8.56. The fraction of sp³-hybridized carbons (Fsp3) is 0.250. The lowest BCUT2D eigenvalue weighted by molar-refractivity contribution is 0.137. The van der Waals surface area contributed by atoms with Crippen molar-refractivity contribution in [2.75, 3.05) is 0 Å². The fourth-order valence-electron chi connectivity index (χ4n) is 0. The van der Waals surface area contributed by atoms with Gasteiger partial charge in [-0.2, -0.15) is 0 Å². The number of alkyl halides is 3. The van der Waals surface area contributed by atoms with Gasteiger partial charge in [0, 0.05) is 0 Å². The monoisotopic (exact) mass is 480 g/mol. The van der Waals surface area contributed by atoms with E-state index in [0.29, 0.717) is 0 Å². The Hall–Kier alpha value is 1.02. The second-order valence-corrected chi connectivity index (χ2v) is 12.0.